The number of non-ortho nitro benzene ring substituents is 1. The van der Waals surface area contributed by atoms with Gasteiger partial charge in [-0.3, -0.25) is 25.7 Å². The van der Waals surface area contributed by atoms with E-state index in [4.69, 9.17) is 11.6 Å². The monoisotopic (exact) mass is 272 g/mol. The average Bonchev–Trinajstić information content (AvgIpc) is 2.35. The number of nitrogens with one attached hydrogen (secondary N) is 1. The summed E-state index contributed by atoms with van der Waals surface area (Å²) in [6, 6.07) is 3.21. The molecule has 1 rings (SSSR count). The molecule has 0 aliphatic heterocycles. The van der Waals surface area contributed by atoms with Crippen molar-refractivity contribution in [3.8, 4) is 0 Å². The lowest BCUT2D eigenvalue weighted by molar-refractivity contribution is -0.393. The zero-order chi connectivity index (χ0) is 13.7. The molecule has 0 saturated heterocycles. The molecule has 9 heteroatoms. The molecule has 1 aromatic carbocycles. The number of halogens is 1. The van der Waals surface area contributed by atoms with Crippen LogP contribution in [0, 0.1) is 20.2 Å². The first kappa shape index (κ1) is 13.8. The van der Waals surface area contributed by atoms with Crippen LogP contribution in [-0.2, 0) is 0 Å². The van der Waals surface area contributed by atoms with Gasteiger partial charge in [0.05, 0.1) is 15.9 Å². The van der Waals surface area contributed by atoms with Gasteiger partial charge in [0.2, 0.25) is 0 Å². The lowest BCUT2D eigenvalue weighted by Crippen LogP contribution is -1.99. The average molecular weight is 273 g/mol. The first-order valence-electron chi connectivity index (χ1n) is 4.86. The van der Waals surface area contributed by atoms with E-state index in [0.29, 0.717) is 6.42 Å². The van der Waals surface area contributed by atoms with Gasteiger partial charge in [0.15, 0.2) is 0 Å². The minimum Gasteiger partial charge on any atom is -0.271 e. The van der Waals surface area contributed by atoms with E-state index in [9.17, 15) is 20.2 Å². The third-order valence-electron chi connectivity index (χ3n) is 1.98. The standard InChI is InChI=1S/C9H9ClN4O4/c1-2-9(10)12-11-7-4-3-6(13(15)16)5-8(7)14(17)18/h3-5,11H,2H2,1H3/b12-9+. The number of hydrogen-bond acceptors (Lipinski definition) is 6. The zero-order valence-electron chi connectivity index (χ0n) is 9.29. The summed E-state index contributed by atoms with van der Waals surface area (Å²) < 4.78 is 0. The fourth-order valence-corrected chi connectivity index (χ4v) is 1.12. The highest BCUT2D eigenvalue weighted by molar-refractivity contribution is 6.65. The Kier molecular flexibility index (Phi) is 4.55. The highest BCUT2D eigenvalue weighted by atomic mass is 35.5. The van der Waals surface area contributed by atoms with Crippen LogP contribution >= 0.6 is 11.6 Å². The number of nitrogens with zero attached hydrogens (tertiary/aromatic N) is 3. The predicted molar refractivity (Wildman–Crippen MR) is 67.0 cm³/mol. The van der Waals surface area contributed by atoms with E-state index in [1.165, 1.54) is 6.07 Å². The van der Waals surface area contributed by atoms with Crippen LogP contribution in [0.3, 0.4) is 0 Å². The van der Waals surface area contributed by atoms with Gasteiger partial charge in [-0.2, -0.15) is 5.10 Å². The van der Waals surface area contributed by atoms with E-state index in [1.54, 1.807) is 6.92 Å². The Balaban J connectivity index is 3.12. The van der Waals surface area contributed by atoms with Gasteiger partial charge in [0.25, 0.3) is 5.69 Å². The van der Waals surface area contributed by atoms with Crippen molar-refractivity contribution in [2.24, 2.45) is 5.10 Å². The number of rotatable bonds is 5. The zero-order valence-corrected chi connectivity index (χ0v) is 10.0. The fraction of sp³-hybridized carbons (Fsp3) is 0.222. The Hall–Kier alpha value is -2.22. The van der Waals surface area contributed by atoms with E-state index in [2.05, 4.69) is 10.5 Å². The molecule has 96 valence electrons. The lowest BCUT2D eigenvalue weighted by atomic mass is 10.2. The van der Waals surface area contributed by atoms with E-state index in [0.717, 1.165) is 12.1 Å². The summed E-state index contributed by atoms with van der Waals surface area (Å²) in [6.45, 7) is 1.76. The van der Waals surface area contributed by atoms with Crippen LogP contribution in [0.5, 0.6) is 0 Å². The summed E-state index contributed by atoms with van der Waals surface area (Å²) in [5.74, 6) is 0. The van der Waals surface area contributed by atoms with Crippen molar-refractivity contribution < 1.29 is 9.85 Å². The van der Waals surface area contributed by atoms with Gasteiger partial charge in [0, 0.05) is 6.07 Å². The largest absolute Gasteiger partial charge is 0.301 e. The highest BCUT2D eigenvalue weighted by Gasteiger charge is 2.19. The Morgan fingerprint density at radius 1 is 1.39 bits per heavy atom. The van der Waals surface area contributed by atoms with Crippen LogP contribution in [0.1, 0.15) is 13.3 Å². The van der Waals surface area contributed by atoms with Gasteiger partial charge in [0.1, 0.15) is 10.9 Å². The van der Waals surface area contributed by atoms with Crippen molar-refractivity contribution in [3.05, 3.63) is 38.4 Å². The second kappa shape index (κ2) is 5.92. The molecule has 8 nitrogen and oxygen atoms in total. The van der Waals surface area contributed by atoms with E-state index >= 15 is 0 Å². The van der Waals surface area contributed by atoms with Gasteiger partial charge in [-0.05, 0) is 12.5 Å². The Bertz CT molecular complexity index is 517. The summed E-state index contributed by atoms with van der Waals surface area (Å²) in [7, 11) is 0. The molecule has 0 amide bonds. The molecule has 1 N–H and O–H groups in total. The third-order valence-corrected chi connectivity index (χ3v) is 2.33. The number of anilines is 1. The summed E-state index contributed by atoms with van der Waals surface area (Å²) in [5.41, 5.74) is 1.64. The molecule has 0 atom stereocenters. The van der Waals surface area contributed by atoms with Crippen LogP contribution in [0.15, 0.2) is 23.3 Å². The number of benzene rings is 1. The topological polar surface area (TPSA) is 111 Å². The number of hydrazone groups is 1. The molecule has 0 unspecified atom stereocenters. The van der Waals surface area contributed by atoms with E-state index < -0.39 is 15.5 Å². The van der Waals surface area contributed by atoms with Crippen LogP contribution < -0.4 is 5.43 Å². The Morgan fingerprint density at radius 3 is 2.56 bits per heavy atom. The highest BCUT2D eigenvalue weighted by Crippen LogP contribution is 2.28. The van der Waals surface area contributed by atoms with Crippen LogP contribution in [0.25, 0.3) is 0 Å². The summed E-state index contributed by atoms with van der Waals surface area (Å²) in [5, 5.41) is 25.2. The normalized spacial score (nSPS) is 11.1. The lowest BCUT2D eigenvalue weighted by Gasteiger charge is -2.02. The molecule has 0 saturated carbocycles. The Labute approximate surface area is 107 Å². The second-order valence-electron chi connectivity index (χ2n) is 3.17. The van der Waals surface area contributed by atoms with E-state index in [1.807, 2.05) is 0 Å². The number of hydrogen-bond donors (Lipinski definition) is 1. The molecule has 0 aromatic heterocycles. The molecular formula is C9H9ClN4O4. The van der Waals surface area contributed by atoms with E-state index in [-0.39, 0.29) is 16.5 Å². The molecule has 0 bridgehead atoms. The minimum absolute atomic E-state index is 0.0391. The van der Waals surface area contributed by atoms with Crippen molar-refractivity contribution in [2.45, 2.75) is 13.3 Å². The second-order valence-corrected chi connectivity index (χ2v) is 3.61. The van der Waals surface area contributed by atoms with Crippen molar-refractivity contribution in [2.75, 3.05) is 5.43 Å². The summed E-state index contributed by atoms with van der Waals surface area (Å²) in [6.07, 6.45) is 0.468. The van der Waals surface area contributed by atoms with Crippen molar-refractivity contribution >= 4 is 33.8 Å². The first-order valence-corrected chi connectivity index (χ1v) is 5.24. The van der Waals surface area contributed by atoms with Crippen LogP contribution in [0.2, 0.25) is 0 Å². The minimum atomic E-state index is -0.731. The molecule has 1 aromatic rings. The molecule has 0 fully saturated rings. The number of nitro benzene ring substituents is 2. The van der Waals surface area contributed by atoms with Crippen LogP contribution in [0.4, 0.5) is 17.1 Å². The smallest absolute Gasteiger partial charge is 0.271 e. The van der Waals surface area contributed by atoms with Gasteiger partial charge < -0.3 is 0 Å². The van der Waals surface area contributed by atoms with Crippen LogP contribution in [-0.4, -0.2) is 15.0 Å². The summed E-state index contributed by atoms with van der Waals surface area (Å²) in [4.78, 5) is 19.8. The first-order chi connectivity index (χ1) is 8.45. The molecule has 18 heavy (non-hydrogen) atoms. The van der Waals surface area contributed by atoms with Crippen molar-refractivity contribution in [1.82, 2.24) is 0 Å². The maximum atomic E-state index is 10.8. The molecule has 0 radical (unpaired) electrons. The molecule has 0 spiro atoms. The molecule has 0 aliphatic carbocycles. The third kappa shape index (κ3) is 3.39. The molecular weight excluding hydrogens is 264 g/mol. The molecule has 0 aliphatic rings. The van der Waals surface area contributed by atoms with Gasteiger partial charge in [-0.15, -0.1) is 0 Å². The Morgan fingerprint density at radius 2 is 2.06 bits per heavy atom. The number of nitro groups is 2. The SMILES string of the molecule is CC/C(Cl)=N\Nc1ccc([N+](=O)[O-])cc1[N+](=O)[O-]. The van der Waals surface area contributed by atoms with Gasteiger partial charge >= 0.3 is 5.69 Å². The maximum Gasteiger partial charge on any atom is 0.301 e. The van der Waals surface area contributed by atoms with Gasteiger partial charge in [-0.25, -0.2) is 0 Å². The van der Waals surface area contributed by atoms with Crippen molar-refractivity contribution in [3.63, 3.8) is 0 Å². The van der Waals surface area contributed by atoms with Crippen molar-refractivity contribution in [1.29, 1.82) is 0 Å². The quantitative estimate of drug-likeness (QED) is 0.503. The van der Waals surface area contributed by atoms with Gasteiger partial charge in [-0.1, -0.05) is 18.5 Å². The predicted octanol–water partition coefficient (Wildman–Crippen LogP) is 2.88. The maximum absolute atomic E-state index is 10.8. The molecule has 0 heterocycles. The fourth-order valence-electron chi connectivity index (χ4n) is 1.08. The summed E-state index contributed by atoms with van der Waals surface area (Å²) >= 11 is 5.64.